The monoisotopic (exact) mass is 367 g/mol. The molecule has 1 aromatic carbocycles. The van der Waals surface area contributed by atoms with Crippen LogP contribution in [0.5, 0.6) is 0 Å². The van der Waals surface area contributed by atoms with E-state index in [4.69, 9.17) is 0 Å². The van der Waals surface area contributed by atoms with E-state index in [1.807, 2.05) is 24.4 Å². The van der Waals surface area contributed by atoms with Gasteiger partial charge in [0.2, 0.25) is 0 Å². The molecule has 0 radical (unpaired) electrons. The molecule has 0 amide bonds. The molecule has 1 fully saturated rings. The van der Waals surface area contributed by atoms with Gasteiger partial charge in [-0.05, 0) is 73.3 Å². The molecule has 0 spiro atoms. The van der Waals surface area contributed by atoms with Crippen LogP contribution in [0.1, 0.15) is 88.7 Å². The molecule has 1 saturated carbocycles. The number of halogens is 1. The summed E-state index contributed by atoms with van der Waals surface area (Å²) < 4.78 is 14.4. The van der Waals surface area contributed by atoms with Gasteiger partial charge in [-0.3, -0.25) is 4.98 Å². The lowest BCUT2D eigenvalue weighted by Gasteiger charge is -2.28. The minimum atomic E-state index is -0.159. The topological polar surface area (TPSA) is 12.9 Å². The molecule has 1 heterocycles. The van der Waals surface area contributed by atoms with Crippen LogP contribution in [0.3, 0.4) is 0 Å². The van der Waals surface area contributed by atoms with Crippen LogP contribution >= 0.6 is 0 Å². The van der Waals surface area contributed by atoms with Crippen molar-refractivity contribution >= 4 is 0 Å². The zero-order valence-corrected chi connectivity index (χ0v) is 17.0. The molecule has 0 bridgehead atoms. The van der Waals surface area contributed by atoms with Gasteiger partial charge in [-0.15, -0.1) is 0 Å². The van der Waals surface area contributed by atoms with E-state index in [0.29, 0.717) is 11.5 Å². The largest absolute Gasteiger partial charge is 0.256 e. The minimum Gasteiger partial charge on any atom is -0.256 e. The molecule has 2 heteroatoms. The van der Waals surface area contributed by atoms with Gasteiger partial charge in [0.1, 0.15) is 5.82 Å². The highest BCUT2D eigenvalue weighted by atomic mass is 19.1. The van der Waals surface area contributed by atoms with E-state index in [1.54, 1.807) is 6.07 Å². The van der Waals surface area contributed by atoms with Gasteiger partial charge in [-0.1, -0.05) is 58.1 Å². The average molecular weight is 368 g/mol. The predicted molar refractivity (Wildman–Crippen MR) is 112 cm³/mol. The van der Waals surface area contributed by atoms with Crippen LogP contribution in [-0.2, 0) is 6.42 Å². The molecule has 0 saturated heterocycles. The number of hydrogen-bond donors (Lipinski definition) is 0. The standard InChI is InChI=1S/C25H34FN/c1-3-5-6-8-19-9-12-21(13-10-19)22-14-16-25(27-18-22)23-15-11-20(7-4-2)17-24(23)26/h11,14-19,21H,3-10,12-13H2,1-2H3. The molecule has 2 aromatic rings. The van der Waals surface area contributed by atoms with Crippen LogP contribution in [0, 0.1) is 11.7 Å². The van der Waals surface area contributed by atoms with Crippen molar-refractivity contribution in [2.24, 2.45) is 5.92 Å². The van der Waals surface area contributed by atoms with Crippen molar-refractivity contribution in [3.05, 3.63) is 53.5 Å². The Morgan fingerprint density at radius 1 is 0.963 bits per heavy atom. The fourth-order valence-electron chi connectivity index (χ4n) is 4.48. The quantitative estimate of drug-likeness (QED) is 0.436. The van der Waals surface area contributed by atoms with E-state index < -0.39 is 0 Å². The summed E-state index contributed by atoms with van der Waals surface area (Å²) in [6.45, 7) is 4.39. The number of hydrogen-bond acceptors (Lipinski definition) is 1. The maximum Gasteiger partial charge on any atom is 0.132 e. The maximum atomic E-state index is 14.4. The average Bonchev–Trinajstić information content (AvgIpc) is 2.69. The van der Waals surface area contributed by atoms with Gasteiger partial charge in [0.15, 0.2) is 0 Å². The third-order valence-corrected chi connectivity index (χ3v) is 6.17. The second-order valence-electron chi connectivity index (χ2n) is 8.25. The first-order valence-electron chi connectivity index (χ1n) is 11.0. The SMILES string of the molecule is CCCCCC1CCC(c2ccc(-c3ccc(CCC)cc3F)nc2)CC1. The first kappa shape index (κ1) is 20.0. The third-order valence-electron chi connectivity index (χ3n) is 6.17. The van der Waals surface area contributed by atoms with E-state index >= 15 is 0 Å². The van der Waals surface area contributed by atoms with Crippen LogP contribution in [0.25, 0.3) is 11.3 Å². The minimum absolute atomic E-state index is 0.159. The number of rotatable bonds is 8. The number of nitrogens with zero attached hydrogens (tertiary/aromatic N) is 1. The highest BCUT2D eigenvalue weighted by molar-refractivity contribution is 5.60. The van der Waals surface area contributed by atoms with Gasteiger partial charge in [0.05, 0.1) is 5.69 Å². The van der Waals surface area contributed by atoms with E-state index in [1.165, 1.54) is 56.9 Å². The summed E-state index contributed by atoms with van der Waals surface area (Å²) in [6.07, 6.45) is 14.7. The molecule has 1 aliphatic rings. The fraction of sp³-hybridized carbons (Fsp3) is 0.560. The van der Waals surface area contributed by atoms with Crippen LogP contribution < -0.4 is 0 Å². The van der Waals surface area contributed by atoms with Crippen molar-refractivity contribution in [3.8, 4) is 11.3 Å². The summed E-state index contributed by atoms with van der Waals surface area (Å²) >= 11 is 0. The second kappa shape index (κ2) is 10.0. The van der Waals surface area contributed by atoms with Crippen LogP contribution in [0.4, 0.5) is 4.39 Å². The van der Waals surface area contributed by atoms with Crippen molar-refractivity contribution in [3.63, 3.8) is 0 Å². The smallest absolute Gasteiger partial charge is 0.132 e. The fourth-order valence-corrected chi connectivity index (χ4v) is 4.48. The zero-order valence-electron chi connectivity index (χ0n) is 17.0. The maximum absolute atomic E-state index is 14.4. The van der Waals surface area contributed by atoms with E-state index in [0.717, 1.165) is 30.0 Å². The Kier molecular flexibility index (Phi) is 7.43. The molecule has 3 rings (SSSR count). The van der Waals surface area contributed by atoms with E-state index in [2.05, 4.69) is 24.9 Å². The lowest BCUT2D eigenvalue weighted by molar-refractivity contribution is 0.302. The van der Waals surface area contributed by atoms with Crippen molar-refractivity contribution in [2.75, 3.05) is 0 Å². The molecular formula is C25H34FN. The summed E-state index contributed by atoms with van der Waals surface area (Å²) in [5, 5.41) is 0. The van der Waals surface area contributed by atoms with Gasteiger partial charge in [0, 0.05) is 11.8 Å². The molecule has 1 aromatic heterocycles. The molecule has 0 atom stereocenters. The van der Waals surface area contributed by atoms with Crippen LogP contribution in [0.2, 0.25) is 0 Å². The van der Waals surface area contributed by atoms with Crippen molar-refractivity contribution in [1.82, 2.24) is 4.98 Å². The second-order valence-corrected chi connectivity index (χ2v) is 8.25. The molecular weight excluding hydrogens is 333 g/mol. The first-order valence-corrected chi connectivity index (χ1v) is 11.0. The summed E-state index contributed by atoms with van der Waals surface area (Å²) in [6, 6.07) is 9.74. The van der Waals surface area contributed by atoms with Gasteiger partial charge in [-0.25, -0.2) is 4.39 Å². The first-order chi connectivity index (χ1) is 13.2. The Bertz CT molecular complexity index is 699. The lowest BCUT2D eigenvalue weighted by Crippen LogP contribution is -2.13. The molecule has 27 heavy (non-hydrogen) atoms. The lowest BCUT2D eigenvalue weighted by atomic mass is 9.77. The molecule has 0 unspecified atom stereocenters. The van der Waals surface area contributed by atoms with Crippen LogP contribution in [-0.4, -0.2) is 4.98 Å². The molecule has 0 N–H and O–H groups in total. The van der Waals surface area contributed by atoms with Gasteiger partial charge in [-0.2, -0.15) is 0 Å². The Hall–Kier alpha value is -1.70. The number of unbranched alkanes of at least 4 members (excludes halogenated alkanes) is 2. The van der Waals surface area contributed by atoms with Gasteiger partial charge >= 0.3 is 0 Å². The predicted octanol–water partition coefficient (Wildman–Crippen LogP) is 7.69. The Morgan fingerprint density at radius 3 is 2.41 bits per heavy atom. The third kappa shape index (κ3) is 5.40. The highest BCUT2D eigenvalue weighted by Gasteiger charge is 2.22. The summed E-state index contributed by atoms with van der Waals surface area (Å²) in [5.41, 5.74) is 3.74. The zero-order chi connectivity index (χ0) is 19.1. The van der Waals surface area contributed by atoms with E-state index in [9.17, 15) is 4.39 Å². The molecule has 1 aliphatic carbocycles. The van der Waals surface area contributed by atoms with Crippen molar-refractivity contribution in [2.45, 2.75) is 84.0 Å². The molecule has 1 nitrogen and oxygen atoms in total. The number of aromatic nitrogens is 1. The number of aryl methyl sites for hydroxylation is 1. The van der Waals surface area contributed by atoms with Gasteiger partial charge < -0.3 is 0 Å². The summed E-state index contributed by atoms with van der Waals surface area (Å²) in [5.74, 6) is 1.40. The summed E-state index contributed by atoms with van der Waals surface area (Å²) in [4.78, 5) is 4.60. The van der Waals surface area contributed by atoms with Crippen LogP contribution in [0.15, 0.2) is 36.5 Å². The van der Waals surface area contributed by atoms with Crippen molar-refractivity contribution < 1.29 is 4.39 Å². The Morgan fingerprint density at radius 2 is 1.78 bits per heavy atom. The normalized spacial score (nSPS) is 20.0. The van der Waals surface area contributed by atoms with Gasteiger partial charge in [0.25, 0.3) is 0 Å². The molecule has 146 valence electrons. The van der Waals surface area contributed by atoms with Crippen molar-refractivity contribution in [1.29, 1.82) is 0 Å². The molecule has 0 aliphatic heterocycles. The number of benzene rings is 1. The highest BCUT2D eigenvalue weighted by Crippen LogP contribution is 2.38. The summed E-state index contributed by atoms with van der Waals surface area (Å²) in [7, 11) is 0. The van der Waals surface area contributed by atoms with E-state index in [-0.39, 0.29) is 5.82 Å². The Balaban J connectivity index is 1.60. The number of pyridine rings is 1. The Labute approximate surface area is 164 Å².